The fourth-order valence-electron chi connectivity index (χ4n) is 1.16. The SMILES string of the molecule is CCCC(C#N)C(=O)c1ccc(Cl)s1. The highest BCUT2D eigenvalue weighted by Gasteiger charge is 2.19. The molecule has 0 aromatic carbocycles. The molecule has 0 saturated heterocycles. The molecule has 0 bridgehead atoms. The van der Waals surface area contributed by atoms with Gasteiger partial charge in [-0.2, -0.15) is 5.26 Å². The number of Topliss-reactive ketones (excluding diaryl/α,β-unsaturated/α-hetero) is 1. The van der Waals surface area contributed by atoms with Crippen LogP contribution in [-0.2, 0) is 0 Å². The number of rotatable bonds is 4. The summed E-state index contributed by atoms with van der Waals surface area (Å²) >= 11 is 6.94. The first-order valence-electron chi connectivity index (χ1n) is 4.38. The number of carbonyl (C=O) groups is 1. The predicted octanol–water partition coefficient (Wildman–Crippen LogP) is 3.52. The summed E-state index contributed by atoms with van der Waals surface area (Å²) in [5, 5.41) is 8.80. The zero-order valence-corrected chi connectivity index (χ0v) is 9.36. The number of nitriles is 1. The lowest BCUT2D eigenvalue weighted by molar-refractivity contribution is 0.0947. The Balaban J connectivity index is 2.79. The number of thiophene rings is 1. The summed E-state index contributed by atoms with van der Waals surface area (Å²) < 4.78 is 0.585. The minimum atomic E-state index is -0.519. The lowest BCUT2D eigenvalue weighted by Gasteiger charge is -2.03. The fourth-order valence-corrected chi connectivity index (χ4v) is 2.20. The highest BCUT2D eigenvalue weighted by atomic mass is 35.5. The van der Waals surface area contributed by atoms with Gasteiger partial charge in [-0.25, -0.2) is 0 Å². The number of nitrogens with zero attached hydrogens (tertiary/aromatic N) is 1. The molecule has 0 spiro atoms. The molecule has 0 fully saturated rings. The molecule has 4 heteroatoms. The van der Waals surface area contributed by atoms with Crippen LogP contribution in [-0.4, -0.2) is 5.78 Å². The van der Waals surface area contributed by atoms with E-state index < -0.39 is 5.92 Å². The summed E-state index contributed by atoms with van der Waals surface area (Å²) in [7, 11) is 0. The van der Waals surface area contributed by atoms with E-state index in [-0.39, 0.29) is 5.78 Å². The molecule has 14 heavy (non-hydrogen) atoms. The van der Waals surface area contributed by atoms with Crippen LogP contribution >= 0.6 is 22.9 Å². The van der Waals surface area contributed by atoms with Crippen LogP contribution in [0.1, 0.15) is 29.4 Å². The minimum Gasteiger partial charge on any atom is -0.292 e. The summed E-state index contributed by atoms with van der Waals surface area (Å²) in [6.07, 6.45) is 1.45. The van der Waals surface area contributed by atoms with Crippen molar-refractivity contribution >= 4 is 28.7 Å². The maximum atomic E-state index is 11.7. The van der Waals surface area contributed by atoms with Gasteiger partial charge >= 0.3 is 0 Å². The van der Waals surface area contributed by atoms with Gasteiger partial charge in [0.25, 0.3) is 0 Å². The smallest absolute Gasteiger partial charge is 0.189 e. The quantitative estimate of drug-likeness (QED) is 0.739. The zero-order valence-electron chi connectivity index (χ0n) is 7.79. The molecule has 0 aliphatic rings. The maximum absolute atomic E-state index is 11.7. The van der Waals surface area contributed by atoms with Crippen molar-refractivity contribution < 1.29 is 4.79 Å². The molecule has 0 saturated carbocycles. The van der Waals surface area contributed by atoms with E-state index in [2.05, 4.69) is 0 Å². The molecule has 74 valence electrons. The summed E-state index contributed by atoms with van der Waals surface area (Å²) in [4.78, 5) is 12.3. The molecule has 1 unspecified atom stereocenters. The largest absolute Gasteiger partial charge is 0.292 e. The van der Waals surface area contributed by atoms with E-state index in [0.29, 0.717) is 15.6 Å². The van der Waals surface area contributed by atoms with Crippen LogP contribution in [0, 0.1) is 17.2 Å². The average Bonchev–Trinajstić information content (AvgIpc) is 2.60. The number of carbonyl (C=O) groups excluding carboxylic acids is 1. The monoisotopic (exact) mass is 227 g/mol. The standard InChI is InChI=1S/C10H10ClNOS/c1-2-3-7(6-12)10(13)8-4-5-9(11)14-8/h4-5,7H,2-3H2,1H3. The minimum absolute atomic E-state index is 0.105. The van der Waals surface area contributed by atoms with Gasteiger partial charge in [0.1, 0.15) is 5.92 Å². The van der Waals surface area contributed by atoms with Gasteiger partial charge in [0.05, 0.1) is 15.3 Å². The molecule has 1 atom stereocenters. The van der Waals surface area contributed by atoms with Crippen LogP contribution in [0.15, 0.2) is 12.1 Å². The molecule has 0 aliphatic carbocycles. The molecule has 0 N–H and O–H groups in total. The van der Waals surface area contributed by atoms with Gasteiger partial charge in [-0.15, -0.1) is 11.3 Å². The molecule has 0 radical (unpaired) electrons. The average molecular weight is 228 g/mol. The topological polar surface area (TPSA) is 40.9 Å². The number of ketones is 1. The summed E-state index contributed by atoms with van der Waals surface area (Å²) in [6, 6.07) is 5.38. The molecule has 1 aromatic heterocycles. The van der Waals surface area contributed by atoms with Crippen LogP contribution in [0.2, 0.25) is 4.34 Å². The van der Waals surface area contributed by atoms with Gasteiger partial charge in [-0.05, 0) is 18.6 Å². The van der Waals surface area contributed by atoms with Gasteiger partial charge < -0.3 is 0 Å². The van der Waals surface area contributed by atoms with Crippen LogP contribution in [0.4, 0.5) is 0 Å². The number of hydrogen-bond acceptors (Lipinski definition) is 3. The Hall–Kier alpha value is -0.850. The third-order valence-electron chi connectivity index (χ3n) is 1.87. The second-order valence-corrected chi connectivity index (χ2v) is 4.65. The molecule has 0 amide bonds. The van der Waals surface area contributed by atoms with E-state index in [4.69, 9.17) is 16.9 Å². The lowest BCUT2D eigenvalue weighted by Crippen LogP contribution is -2.10. The van der Waals surface area contributed by atoms with Crippen molar-refractivity contribution in [2.24, 2.45) is 5.92 Å². The van der Waals surface area contributed by atoms with Crippen molar-refractivity contribution in [2.45, 2.75) is 19.8 Å². The fraction of sp³-hybridized carbons (Fsp3) is 0.400. The third kappa shape index (κ3) is 2.57. The first-order valence-corrected chi connectivity index (χ1v) is 5.57. The van der Waals surface area contributed by atoms with E-state index in [1.807, 2.05) is 13.0 Å². The molecule has 1 aromatic rings. The molecule has 0 aliphatic heterocycles. The Morgan fingerprint density at radius 1 is 1.71 bits per heavy atom. The Bertz CT molecular complexity index is 366. The van der Waals surface area contributed by atoms with Crippen LogP contribution < -0.4 is 0 Å². The second-order valence-electron chi connectivity index (χ2n) is 2.94. The van der Waals surface area contributed by atoms with Crippen molar-refractivity contribution in [1.82, 2.24) is 0 Å². The molecule has 2 nitrogen and oxygen atoms in total. The van der Waals surface area contributed by atoms with E-state index in [1.165, 1.54) is 11.3 Å². The Labute approximate surface area is 92.1 Å². The van der Waals surface area contributed by atoms with E-state index in [1.54, 1.807) is 12.1 Å². The van der Waals surface area contributed by atoms with E-state index in [0.717, 1.165) is 6.42 Å². The first kappa shape index (κ1) is 11.2. The maximum Gasteiger partial charge on any atom is 0.189 e. The first-order chi connectivity index (χ1) is 6.69. The number of hydrogen-bond donors (Lipinski definition) is 0. The van der Waals surface area contributed by atoms with Gasteiger partial charge in [-0.3, -0.25) is 4.79 Å². The van der Waals surface area contributed by atoms with Crippen molar-refractivity contribution in [3.8, 4) is 6.07 Å². The predicted molar refractivity (Wildman–Crippen MR) is 57.7 cm³/mol. The number of halogens is 1. The van der Waals surface area contributed by atoms with Crippen molar-refractivity contribution in [3.05, 3.63) is 21.3 Å². The molecule has 1 heterocycles. The zero-order chi connectivity index (χ0) is 10.6. The van der Waals surface area contributed by atoms with Crippen molar-refractivity contribution in [3.63, 3.8) is 0 Å². The van der Waals surface area contributed by atoms with Crippen LogP contribution in [0.5, 0.6) is 0 Å². The Morgan fingerprint density at radius 3 is 2.86 bits per heavy atom. The summed E-state index contributed by atoms with van der Waals surface area (Å²) in [6.45, 7) is 1.96. The van der Waals surface area contributed by atoms with Gasteiger partial charge in [0, 0.05) is 0 Å². The normalized spacial score (nSPS) is 12.1. The van der Waals surface area contributed by atoms with E-state index >= 15 is 0 Å². The summed E-state index contributed by atoms with van der Waals surface area (Å²) in [5.41, 5.74) is 0. The highest BCUT2D eigenvalue weighted by Crippen LogP contribution is 2.24. The van der Waals surface area contributed by atoms with Crippen LogP contribution in [0.25, 0.3) is 0 Å². The highest BCUT2D eigenvalue weighted by molar-refractivity contribution is 7.18. The summed E-state index contributed by atoms with van der Waals surface area (Å²) in [5.74, 6) is -0.624. The molecular weight excluding hydrogens is 218 g/mol. The lowest BCUT2D eigenvalue weighted by atomic mass is 9.99. The second kappa shape index (κ2) is 5.14. The Morgan fingerprint density at radius 2 is 2.43 bits per heavy atom. The molecular formula is C10H10ClNOS. The molecule has 1 rings (SSSR count). The van der Waals surface area contributed by atoms with E-state index in [9.17, 15) is 4.79 Å². The van der Waals surface area contributed by atoms with Crippen molar-refractivity contribution in [1.29, 1.82) is 5.26 Å². The Kier molecular flexibility index (Phi) is 4.12. The van der Waals surface area contributed by atoms with Crippen LogP contribution in [0.3, 0.4) is 0 Å². The third-order valence-corrected chi connectivity index (χ3v) is 3.11. The van der Waals surface area contributed by atoms with Gasteiger partial charge in [0.15, 0.2) is 5.78 Å². The van der Waals surface area contributed by atoms with Gasteiger partial charge in [0.2, 0.25) is 0 Å². The van der Waals surface area contributed by atoms with Gasteiger partial charge in [-0.1, -0.05) is 24.9 Å². The van der Waals surface area contributed by atoms with Crippen molar-refractivity contribution in [2.75, 3.05) is 0 Å².